The number of nitrogens with zero attached hydrogens (tertiary/aromatic N) is 2. The maximum Gasteiger partial charge on any atom is 0.137 e. The van der Waals surface area contributed by atoms with Crippen molar-refractivity contribution in [3.05, 3.63) is 89.7 Å². The number of benzene rings is 3. The van der Waals surface area contributed by atoms with Crippen LogP contribution in [0.15, 0.2) is 79.1 Å². The molecule has 0 aliphatic rings. The highest BCUT2D eigenvalue weighted by atomic mass is 35.5. The van der Waals surface area contributed by atoms with Gasteiger partial charge in [-0.1, -0.05) is 41.9 Å². The molecule has 0 saturated carbocycles. The summed E-state index contributed by atoms with van der Waals surface area (Å²) in [5.41, 5.74) is 2.10. The van der Waals surface area contributed by atoms with E-state index in [4.69, 9.17) is 16.3 Å². The van der Waals surface area contributed by atoms with Crippen molar-refractivity contribution in [3.8, 4) is 11.5 Å². The summed E-state index contributed by atoms with van der Waals surface area (Å²) in [5.74, 6) is 2.46. The van der Waals surface area contributed by atoms with Gasteiger partial charge in [0.15, 0.2) is 0 Å². The average molecular weight is 376 g/mol. The second-order valence-electron chi connectivity index (χ2n) is 6.12. The van der Waals surface area contributed by atoms with E-state index in [1.54, 1.807) is 6.33 Å². The molecule has 0 radical (unpaired) electrons. The summed E-state index contributed by atoms with van der Waals surface area (Å²) in [6.45, 7) is 0.761. The van der Waals surface area contributed by atoms with Crippen LogP contribution in [0.25, 0.3) is 10.9 Å². The zero-order chi connectivity index (χ0) is 18.5. The van der Waals surface area contributed by atoms with E-state index < -0.39 is 0 Å². The number of hydrogen-bond acceptors (Lipinski definition) is 4. The molecular weight excluding hydrogens is 358 g/mol. The van der Waals surface area contributed by atoms with Gasteiger partial charge >= 0.3 is 0 Å². The molecule has 1 N–H and O–H groups in total. The van der Waals surface area contributed by atoms with Crippen molar-refractivity contribution in [3.63, 3.8) is 0 Å². The van der Waals surface area contributed by atoms with Gasteiger partial charge in [0, 0.05) is 17.0 Å². The highest BCUT2D eigenvalue weighted by Crippen LogP contribution is 2.23. The first-order valence-corrected chi connectivity index (χ1v) is 9.12. The Morgan fingerprint density at radius 3 is 2.44 bits per heavy atom. The number of anilines is 1. The van der Waals surface area contributed by atoms with Gasteiger partial charge in [-0.2, -0.15) is 0 Å². The topological polar surface area (TPSA) is 47.0 Å². The fourth-order valence-electron chi connectivity index (χ4n) is 2.84. The molecule has 0 bridgehead atoms. The number of rotatable bonds is 6. The zero-order valence-electron chi connectivity index (χ0n) is 14.6. The third kappa shape index (κ3) is 4.36. The highest BCUT2D eigenvalue weighted by molar-refractivity contribution is 6.31. The van der Waals surface area contributed by atoms with Crippen LogP contribution < -0.4 is 10.1 Å². The van der Waals surface area contributed by atoms with Crippen LogP contribution in [0, 0.1) is 0 Å². The molecule has 0 amide bonds. The Morgan fingerprint density at radius 2 is 1.63 bits per heavy atom. The van der Waals surface area contributed by atoms with Crippen LogP contribution in [0.4, 0.5) is 5.82 Å². The summed E-state index contributed by atoms with van der Waals surface area (Å²) in [6.07, 6.45) is 2.44. The number of ether oxygens (including phenoxy) is 1. The molecule has 1 aromatic heterocycles. The van der Waals surface area contributed by atoms with Crippen LogP contribution in [0.5, 0.6) is 11.5 Å². The van der Waals surface area contributed by atoms with Crippen molar-refractivity contribution in [2.45, 2.75) is 6.42 Å². The Balaban J connectivity index is 1.37. The van der Waals surface area contributed by atoms with Crippen molar-refractivity contribution in [1.29, 1.82) is 0 Å². The molecule has 0 aliphatic carbocycles. The van der Waals surface area contributed by atoms with Crippen LogP contribution in [-0.2, 0) is 6.42 Å². The Kier molecular flexibility index (Phi) is 5.17. The van der Waals surface area contributed by atoms with Gasteiger partial charge in [-0.15, -0.1) is 0 Å². The lowest BCUT2D eigenvalue weighted by Gasteiger charge is -2.09. The summed E-state index contributed by atoms with van der Waals surface area (Å²) in [6, 6.07) is 23.5. The lowest BCUT2D eigenvalue weighted by atomic mass is 10.1. The molecule has 27 heavy (non-hydrogen) atoms. The molecule has 0 aliphatic heterocycles. The average Bonchev–Trinajstić information content (AvgIpc) is 2.70. The van der Waals surface area contributed by atoms with Crippen LogP contribution in [0.1, 0.15) is 5.56 Å². The number of nitrogens with one attached hydrogen (secondary N) is 1. The lowest BCUT2D eigenvalue weighted by Crippen LogP contribution is -2.07. The van der Waals surface area contributed by atoms with Gasteiger partial charge in [0.05, 0.1) is 5.52 Å². The fourth-order valence-corrected chi connectivity index (χ4v) is 3.02. The first kappa shape index (κ1) is 17.3. The second kappa shape index (κ2) is 8.06. The van der Waals surface area contributed by atoms with Gasteiger partial charge in [0.2, 0.25) is 0 Å². The molecule has 4 rings (SSSR count). The molecule has 134 valence electrons. The molecule has 0 spiro atoms. The first-order chi connectivity index (χ1) is 13.3. The van der Waals surface area contributed by atoms with Crippen LogP contribution in [-0.4, -0.2) is 16.5 Å². The van der Waals surface area contributed by atoms with E-state index in [0.29, 0.717) is 5.02 Å². The largest absolute Gasteiger partial charge is 0.457 e. The zero-order valence-corrected chi connectivity index (χ0v) is 15.4. The molecule has 0 fully saturated rings. The predicted octanol–water partition coefficient (Wildman–Crippen LogP) is 5.73. The molecule has 1 heterocycles. The van der Waals surface area contributed by atoms with Crippen molar-refractivity contribution in [2.24, 2.45) is 0 Å². The first-order valence-electron chi connectivity index (χ1n) is 8.74. The van der Waals surface area contributed by atoms with Crippen molar-refractivity contribution >= 4 is 28.3 Å². The standard InChI is InChI=1S/C22H18ClN3O/c23-17-8-11-21-20(14-17)22(26-15-25-21)24-13-12-16-6-9-19(10-7-16)27-18-4-2-1-3-5-18/h1-11,14-15H,12-13H2,(H,24,25,26). The SMILES string of the molecule is Clc1ccc2ncnc(NCCc3ccc(Oc4ccccc4)cc3)c2c1. The third-order valence-electron chi connectivity index (χ3n) is 4.21. The maximum atomic E-state index is 6.10. The van der Waals surface area contributed by atoms with Crippen molar-refractivity contribution in [2.75, 3.05) is 11.9 Å². The molecule has 4 aromatic rings. The van der Waals surface area contributed by atoms with Gasteiger partial charge in [0.1, 0.15) is 23.6 Å². The minimum Gasteiger partial charge on any atom is -0.457 e. The molecule has 4 nitrogen and oxygen atoms in total. The van der Waals surface area contributed by atoms with Crippen molar-refractivity contribution in [1.82, 2.24) is 9.97 Å². The molecular formula is C22H18ClN3O. The normalized spacial score (nSPS) is 10.7. The summed E-state index contributed by atoms with van der Waals surface area (Å²) in [4.78, 5) is 8.61. The van der Waals surface area contributed by atoms with Crippen molar-refractivity contribution < 1.29 is 4.74 Å². The van der Waals surface area contributed by atoms with E-state index in [2.05, 4.69) is 27.4 Å². The highest BCUT2D eigenvalue weighted by Gasteiger charge is 2.04. The number of para-hydroxylation sites is 1. The Morgan fingerprint density at radius 1 is 0.852 bits per heavy atom. The van der Waals surface area contributed by atoms with E-state index in [1.807, 2.05) is 60.7 Å². The van der Waals surface area contributed by atoms with E-state index in [-0.39, 0.29) is 0 Å². The van der Waals surface area contributed by atoms with E-state index in [1.165, 1.54) is 5.56 Å². The van der Waals surface area contributed by atoms with E-state index in [9.17, 15) is 0 Å². The summed E-state index contributed by atoms with van der Waals surface area (Å²) in [7, 11) is 0. The van der Waals surface area contributed by atoms with Gasteiger partial charge < -0.3 is 10.1 Å². The number of halogens is 1. The minimum absolute atomic E-state index is 0.675. The smallest absolute Gasteiger partial charge is 0.137 e. The monoisotopic (exact) mass is 375 g/mol. The van der Waals surface area contributed by atoms with E-state index >= 15 is 0 Å². The summed E-state index contributed by atoms with van der Waals surface area (Å²) >= 11 is 6.10. The van der Waals surface area contributed by atoms with Gasteiger partial charge in [-0.25, -0.2) is 9.97 Å². The number of aromatic nitrogens is 2. The summed E-state index contributed by atoms with van der Waals surface area (Å²) < 4.78 is 5.82. The quantitative estimate of drug-likeness (QED) is 0.467. The molecule has 3 aromatic carbocycles. The molecule has 0 unspecified atom stereocenters. The number of fused-ring (bicyclic) bond motifs is 1. The molecule has 5 heteroatoms. The van der Waals surface area contributed by atoms with Crippen LogP contribution in [0.2, 0.25) is 5.02 Å². The Hall–Kier alpha value is -3.11. The Bertz CT molecular complexity index is 1040. The lowest BCUT2D eigenvalue weighted by molar-refractivity contribution is 0.482. The Labute approximate surface area is 162 Å². The summed E-state index contributed by atoms with van der Waals surface area (Å²) in [5, 5.41) is 4.98. The molecule has 0 saturated heterocycles. The maximum absolute atomic E-state index is 6.10. The third-order valence-corrected chi connectivity index (χ3v) is 4.44. The van der Waals surface area contributed by atoms with Crippen LogP contribution >= 0.6 is 11.6 Å². The van der Waals surface area contributed by atoms with Crippen LogP contribution in [0.3, 0.4) is 0 Å². The predicted molar refractivity (Wildman–Crippen MR) is 110 cm³/mol. The van der Waals surface area contributed by atoms with E-state index in [0.717, 1.165) is 41.2 Å². The fraction of sp³-hybridized carbons (Fsp3) is 0.0909. The van der Waals surface area contributed by atoms with Gasteiger partial charge in [-0.05, 0) is 54.4 Å². The number of hydrogen-bond donors (Lipinski definition) is 1. The van der Waals surface area contributed by atoms with Gasteiger partial charge in [-0.3, -0.25) is 0 Å². The van der Waals surface area contributed by atoms with Gasteiger partial charge in [0.25, 0.3) is 0 Å². The minimum atomic E-state index is 0.675. The molecule has 0 atom stereocenters. The second-order valence-corrected chi connectivity index (χ2v) is 6.56.